The Morgan fingerprint density at radius 3 is 2.67 bits per heavy atom. The number of hydrogen-bond donors (Lipinski definition) is 3. The van der Waals surface area contributed by atoms with Gasteiger partial charge in [0.2, 0.25) is 5.95 Å². The molecule has 1 aromatic carbocycles. The molecule has 1 aromatic heterocycles. The first-order chi connectivity index (χ1) is 13.2. The molecule has 0 saturated carbocycles. The van der Waals surface area contributed by atoms with Crippen molar-refractivity contribution >= 4 is 23.4 Å². The average molecular weight is 370 g/mol. The number of nitrogens with zero attached hydrogens (tertiary/aromatic N) is 3. The number of aromatic nitrogens is 2. The maximum atomic E-state index is 11.5. The van der Waals surface area contributed by atoms with Crippen molar-refractivity contribution in [2.45, 2.75) is 19.9 Å². The number of carbonyl (C=O) groups excluding carboxylic acids is 1. The lowest BCUT2D eigenvalue weighted by Crippen LogP contribution is -2.35. The molecular formula is C19H26N6O2. The number of nitrogens with two attached hydrogens (primary N) is 1. The van der Waals surface area contributed by atoms with Crippen molar-refractivity contribution in [1.29, 1.82) is 0 Å². The van der Waals surface area contributed by atoms with E-state index < -0.39 is 5.91 Å². The predicted octanol–water partition coefficient (Wildman–Crippen LogP) is 1.97. The van der Waals surface area contributed by atoms with Gasteiger partial charge >= 0.3 is 0 Å². The van der Waals surface area contributed by atoms with Gasteiger partial charge in [-0.05, 0) is 24.1 Å². The van der Waals surface area contributed by atoms with E-state index >= 15 is 0 Å². The maximum absolute atomic E-state index is 11.5. The third-order valence-electron chi connectivity index (χ3n) is 4.32. The third kappa shape index (κ3) is 5.38. The highest BCUT2D eigenvalue weighted by atomic mass is 16.5. The Morgan fingerprint density at radius 2 is 2.00 bits per heavy atom. The molecule has 144 valence electrons. The molecule has 4 N–H and O–H groups in total. The number of benzene rings is 1. The number of primary amides is 1. The van der Waals surface area contributed by atoms with Crippen molar-refractivity contribution < 1.29 is 9.53 Å². The van der Waals surface area contributed by atoms with E-state index in [-0.39, 0.29) is 5.56 Å². The molecule has 0 bridgehead atoms. The van der Waals surface area contributed by atoms with Crippen LogP contribution in [0.3, 0.4) is 0 Å². The monoisotopic (exact) mass is 370 g/mol. The first kappa shape index (κ1) is 19.1. The van der Waals surface area contributed by atoms with Crippen LogP contribution in [0.1, 0.15) is 29.3 Å². The molecule has 1 aliphatic rings. The van der Waals surface area contributed by atoms with Crippen LogP contribution in [-0.4, -0.2) is 53.6 Å². The minimum absolute atomic E-state index is 0.287. The van der Waals surface area contributed by atoms with Gasteiger partial charge in [-0.15, -0.1) is 0 Å². The van der Waals surface area contributed by atoms with Gasteiger partial charge in [0.05, 0.1) is 18.8 Å². The van der Waals surface area contributed by atoms with Crippen LogP contribution in [0.5, 0.6) is 0 Å². The standard InChI is InChI=1S/C19H26N6O2/c1-2-7-21-18-16(17(20)26)12-22-19(24-18)23-15-5-3-14(4-6-15)13-25-8-10-27-11-9-25/h3-6,12H,2,7-11,13H2,1H3,(H2,20,26)(H2,21,22,23,24). The van der Waals surface area contributed by atoms with Crippen LogP contribution in [0.25, 0.3) is 0 Å². The van der Waals surface area contributed by atoms with Crippen molar-refractivity contribution in [2.24, 2.45) is 5.73 Å². The van der Waals surface area contributed by atoms with Gasteiger partial charge in [0, 0.05) is 38.1 Å². The summed E-state index contributed by atoms with van der Waals surface area (Å²) in [5, 5.41) is 6.29. The molecule has 2 aromatic rings. The lowest BCUT2D eigenvalue weighted by atomic mass is 10.2. The van der Waals surface area contributed by atoms with Gasteiger partial charge in [-0.1, -0.05) is 19.1 Å². The van der Waals surface area contributed by atoms with Crippen molar-refractivity contribution in [3.63, 3.8) is 0 Å². The maximum Gasteiger partial charge on any atom is 0.254 e. The van der Waals surface area contributed by atoms with Crippen molar-refractivity contribution in [1.82, 2.24) is 14.9 Å². The topological polar surface area (TPSA) is 105 Å². The second-order valence-electron chi connectivity index (χ2n) is 6.46. The van der Waals surface area contributed by atoms with Crippen LogP contribution in [0.4, 0.5) is 17.5 Å². The zero-order chi connectivity index (χ0) is 19.1. The summed E-state index contributed by atoms with van der Waals surface area (Å²) in [5.41, 5.74) is 7.81. The zero-order valence-corrected chi connectivity index (χ0v) is 15.6. The Kier molecular flexibility index (Phi) is 6.56. The summed E-state index contributed by atoms with van der Waals surface area (Å²) in [4.78, 5) is 22.5. The van der Waals surface area contributed by atoms with E-state index in [0.29, 0.717) is 18.3 Å². The molecule has 0 aliphatic carbocycles. The molecule has 0 spiro atoms. The van der Waals surface area contributed by atoms with E-state index in [1.165, 1.54) is 11.8 Å². The molecule has 0 unspecified atom stereocenters. The Bertz CT molecular complexity index is 759. The van der Waals surface area contributed by atoms with Crippen molar-refractivity contribution in [3.05, 3.63) is 41.6 Å². The van der Waals surface area contributed by atoms with Gasteiger partial charge in [0.25, 0.3) is 5.91 Å². The highest BCUT2D eigenvalue weighted by Gasteiger charge is 2.13. The Labute approximate surface area is 159 Å². The van der Waals surface area contributed by atoms with Crippen LogP contribution >= 0.6 is 0 Å². The summed E-state index contributed by atoms with van der Waals surface area (Å²) in [7, 11) is 0. The summed E-state index contributed by atoms with van der Waals surface area (Å²) in [6, 6.07) is 8.18. The van der Waals surface area contributed by atoms with Gasteiger partial charge in [0.1, 0.15) is 5.82 Å². The second-order valence-corrected chi connectivity index (χ2v) is 6.46. The van der Waals surface area contributed by atoms with Gasteiger partial charge in [-0.3, -0.25) is 9.69 Å². The number of hydrogen-bond acceptors (Lipinski definition) is 7. The molecule has 8 nitrogen and oxygen atoms in total. The number of ether oxygens (including phenoxy) is 1. The first-order valence-electron chi connectivity index (χ1n) is 9.22. The number of nitrogens with one attached hydrogen (secondary N) is 2. The Morgan fingerprint density at radius 1 is 1.26 bits per heavy atom. The van der Waals surface area contributed by atoms with Crippen LogP contribution in [0, 0.1) is 0 Å². The SMILES string of the molecule is CCCNc1nc(Nc2ccc(CN3CCOCC3)cc2)ncc1C(N)=O. The van der Waals surface area contributed by atoms with Crippen LogP contribution in [0.15, 0.2) is 30.5 Å². The minimum atomic E-state index is -0.549. The van der Waals surface area contributed by atoms with E-state index in [4.69, 9.17) is 10.5 Å². The molecule has 2 heterocycles. The summed E-state index contributed by atoms with van der Waals surface area (Å²) in [5.74, 6) is 0.318. The van der Waals surface area contributed by atoms with Crippen LogP contribution in [-0.2, 0) is 11.3 Å². The fraction of sp³-hybridized carbons (Fsp3) is 0.421. The lowest BCUT2D eigenvalue weighted by Gasteiger charge is -2.26. The zero-order valence-electron chi connectivity index (χ0n) is 15.6. The lowest BCUT2D eigenvalue weighted by molar-refractivity contribution is 0.0342. The van der Waals surface area contributed by atoms with E-state index in [0.717, 1.165) is 45.0 Å². The van der Waals surface area contributed by atoms with Gasteiger partial charge in [0.15, 0.2) is 0 Å². The van der Waals surface area contributed by atoms with Gasteiger partial charge < -0.3 is 21.1 Å². The molecule has 1 fully saturated rings. The molecule has 0 atom stereocenters. The number of carbonyl (C=O) groups is 1. The molecule has 3 rings (SSSR count). The summed E-state index contributed by atoms with van der Waals surface area (Å²) in [6.45, 7) is 7.18. The number of rotatable bonds is 8. The average Bonchev–Trinajstić information content (AvgIpc) is 2.68. The third-order valence-corrected chi connectivity index (χ3v) is 4.32. The van der Waals surface area contributed by atoms with Crippen molar-refractivity contribution in [2.75, 3.05) is 43.5 Å². The fourth-order valence-corrected chi connectivity index (χ4v) is 2.84. The molecule has 0 radical (unpaired) electrons. The number of amides is 1. The quantitative estimate of drug-likeness (QED) is 0.652. The van der Waals surface area contributed by atoms with Crippen molar-refractivity contribution in [3.8, 4) is 0 Å². The number of anilines is 3. The van der Waals surface area contributed by atoms with E-state index in [2.05, 4.69) is 37.6 Å². The predicted molar refractivity (Wildman–Crippen MR) is 105 cm³/mol. The van der Waals surface area contributed by atoms with Gasteiger partial charge in [-0.25, -0.2) is 4.98 Å². The Balaban J connectivity index is 1.66. The molecule has 1 amide bonds. The normalized spacial score (nSPS) is 14.7. The molecule has 1 saturated heterocycles. The van der Waals surface area contributed by atoms with Gasteiger partial charge in [-0.2, -0.15) is 4.98 Å². The summed E-state index contributed by atoms with van der Waals surface area (Å²) in [6.07, 6.45) is 2.36. The molecular weight excluding hydrogens is 344 g/mol. The number of morpholine rings is 1. The minimum Gasteiger partial charge on any atom is -0.379 e. The molecule has 8 heteroatoms. The van der Waals surface area contributed by atoms with E-state index in [1.807, 2.05) is 19.1 Å². The summed E-state index contributed by atoms with van der Waals surface area (Å²) < 4.78 is 5.38. The first-order valence-corrected chi connectivity index (χ1v) is 9.22. The van der Waals surface area contributed by atoms with Crippen LogP contribution in [0.2, 0.25) is 0 Å². The highest BCUT2D eigenvalue weighted by molar-refractivity contribution is 5.97. The Hall–Kier alpha value is -2.71. The fourth-order valence-electron chi connectivity index (χ4n) is 2.84. The van der Waals surface area contributed by atoms with E-state index in [9.17, 15) is 4.79 Å². The van der Waals surface area contributed by atoms with E-state index in [1.54, 1.807) is 0 Å². The largest absolute Gasteiger partial charge is 0.379 e. The molecule has 27 heavy (non-hydrogen) atoms. The smallest absolute Gasteiger partial charge is 0.254 e. The van der Waals surface area contributed by atoms with Crippen LogP contribution < -0.4 is 16.4 Å². The highest BCUT2D eigenvalue weighted by Crippen LogP contribution is 2.18. The summed E-state index contributed by atoms with van der Waals surface area (Å²) >= 11 is 0. The second kappa shape index (κ2) is 9.29. The molecule has 1 aliphatic heterocycles.